The van der Waals surface area contributed by atoms with Gasteiger partial charge in [0.15, 0.2) is 5.58 Å². The normalized spacial score (nSPS) is 18.3. The maximum atomic E-state index is 12.1. The van der Waals surface area contributed by atoms with Crippen LogP contribution in [-0.2, 0) is 5.60 Å². The van der Waals surface area contributed by atoms with Crippen LogP contribution >= 0.6 is 0 Å². The SMILES string of the molecule is O=c1oc2ccccc2c2oc(C3(O)CCCCC3)cc12. The largest absolute Gasteiger partial charge is 0.457 e. The van der Waals surface area contributed by atoms with Gasteiger partial charge in [0.2, 0.25) is 0 Å². The molecular formula is C17H16O4. The molecule has 4 nitrogen and oxygen atoms in total. The van der Waals surface area contributed by atoms with E-state index in [9.17, 15) is 9.90 Å². The molecule has 1 aromatic carbocycles. The Labute approximate surface area is 121 Å². The van der Waals surface area contributed by atoms with Gasteiger partial charge in [0.05, 0.1) is 5.39 Å². The summed E-state index contributed by atoms with van der Waals surface area (Å²) >= 11 is 0. The van der Waals surface area contributed by atoms with E-state index >= 15 is 0 Å². The molecule has 0 amide bonds. The summed E-state index contributed by atoms with van der Waals surface area (Å²) < 4.78 is 11.2. The van der Waals surface area contributed by atoms with Crippen LogP contribution in [0, 0.1) is 0 Å². The molecule has 108 valence electrons. The second-order valence-electron chi connectivity index (χ2n) is 5.83. The van der Waals surface area contributed by atoms with Crippen molar-refractivity contribution in [1.82, 2.24) is 0 Å². The Balaban J connectivity index is 1.99. The number of para-hydroxylation sites is 1. The lowest BCUT2D eigenvalue weighted by molar-refractivity contribution is -0.0185. The average Bonchev–Trinajstić information content (AvgIpc) is 2.95. The van der Waals surface area contributed by atoms with Crippen LogP contribution in [0.2, 0.25) is 0 Å². The molecule has 1 saturated carbocycles. The molecule has 1 N–H and O–H groups in total. The molecule has 0 atom stereocenters. The fraction of sp³-hybridized carbons (Fsp3) is 0.353. The Bertz CT molecular complexity index is 865. The second kappa shape index (κ2) is 4.46. The van der Waals surface area contributed by atoms with Crippen LogP contribution in [0.15, 0.2) is 44.0 Å². The first-order valence-corrected chi connectivity index (χ1v) is 7.36. The van der Waals surface area contributed by atoms with Gasteiger partial charge in [-0.3, -0.25) is 0 Å². The Morgan fingerprint density at radius 1 is 1.00 bits per heavy atom. The minimum Gasteiger partial charge on any atom is -0.457 e. The van der Waals surface area contributed by atoms with Crippen molar-refractivity contribution < 1.29 is 13.9 Å². The van der Waals surface area contributed by atoms with Gasteiger partial charge in [-0.25, -0.2) is 4.79 Å². The van der Waals surface area contributed by atoms with Crippen LogP contribution in [0.5, 0.6) is 0 Å². The van der Waals surface area contributed by atoms with Gasteiger partial charge in [-0.2, -0.15) is 0 Å². The number of rotatable bonds is 1. The molecule has 0 radical (unpaired) electrons. The van der Waals surface area contributed by atoms with E-state index in [4.69, 9.17) is 8.83 Å². The Morgan fingerprint density at radius 3 is 2.57 bits per heavy atom. The van der Waals surface area contributed by atoms with Crippen LogP contribution in [-0.4, -0.2) is 5.11 Å². The van der Waals surface area contributed by atoms with Gasteiger partial charge in [-0.05, 0) is 31.0 Å². The van der Waals surface area contributed by atoms with Crippen molar-refractivity contribution >= 4 is 21.9 Å². The van der Waals surface area contributed by atoms with Gasteiger partial charge in [-0.1, -0.05) is 31.4 Å². The molecular weight excluding hydrogens is 268 g/mol. The lowest BCUT2D eigenvalue weighted by Gasteiger charge is -2.29. The number of fused-ring (bicyclic) bond motifs is 3. The third-order valence-corrected chi connectivity index (χ3v) is 4.43. The number of hydrogen-bond donors (Lipinski definition) is 1. The van der Waals surface area contributed by atoms with Crippen molar-refractivity contribution in [3.8, 4) is 0 Å². The number of aliphatic hydroxyl groups is 1. The van der Waals surface area contributed by atoms with Crippen LogP contribution in [0.25, 0.3) is 21.9 Å². The van der Waals surface area contributed by atoms with E-state index in [-0.39, 0.29) is 0 Å². The predicted molar refractivity (Wildman–Crippen MR) is 79.2 cm³/mol. The van der Waals surface area contributed by atoms with E-state index in [1.54, 1.807) is 12.1 Å². The zero-order valence-corrected chi connectivity index (χ0v) is 11.6. The Morgan fingerprint density at radius 2 is 1.76 bits per heavy atom. The van der Waals surface area contributed by atoms with Gasteiger partial charge in [0.1, 0.15) is 22.3 Å². The fourth-order valence-corrected chi connectivity index (χ4v) is 3.25. The first-order chi connectivity index (χ1) is 10.2. The average molecular weight is 284 g/mol. The minimum atomic E-state index is -0.954. The van der Waals surface area contributed by atoms with Crippen LogP contribution in [0.3, 0.4) is 0 Å². The summed E-state index contributed by atoms with van der Waals surface area (Å²) in [6.45, 7) is 0. The van der Waals surface area contributed by atoms with Gasteiger partial charge >= 0.3 is 5.63 Å². The zero-order chi connectivity index (χ0) is 14.4. The van der Waals surface area contributed by atoms with E-state index < -0.39 is 11.2 Å². The smallest absolute Gasteiger partial charge is 0.347 e. The highest BCUT2D eigenvalue weighted by Crippen LogP contribution is 2.39. The lowest BCUT2D eigenvalue weighted by atomic mass is 9.83. The summed E-state index contributed by atoms with van der Waals surface area (Å²) in [5, 5.41) is 11.9. The van der Waals surface area contributed by atoms with Crippen LogP contribution in [0.1, 0.15) is 37.9 Å². The van der Waals surface area contributed by atoms with E-state index in [1.165, 1.54) is 0 Å². The van der Waals surface area contributed by atoms with Crippen LogP contribution < -0.4 is 5.63 Å². The molecule has 0 unspecified atom stereocenters. The molecule has 4 rings (SSSR count). The van der Waals surface area contributed by atoms with E-state index in [2.05, 4.69) is 0 Å². The molecule has 1 fully saturated rings. The summed E-state index contributed by atoms with van der Waals surface area (Å²) in [6, 6.07) is 8.94. The highest BCUT2D eigenvalue weighted by molar-refractivity contribution is 6.00. The van der Waals surface area contributed by atoms with Crippen molar-refractivity contribution in [2.75, 3.05) is 0 Å². The van der Waals surface area contributed by atoms with Crippen molar-refractivity contribution in [2.45, 2.75) is 37.7 Å². The Kier molecular flexibility index (Phi) is 2.69. The standard InChI is InChI=1S/C17H16O4/c18-16-12-10-14(17(19)8-4-1-5-9-17)21-15(12)11-6-2-3-7-13(11)20-16/h2-3,6-7,10,19H,1,4-5,8-9H2. The molecule has 3 aromatic rings. The van der Waals surface area contributed by atoms with E-state index in [0.29, 0.717) is 35.2 Å². The highest BCUT2D eigenvalue weighted by Gasteiger charge is 2.35. The summed E-state index contributed by atoms with van der Waals surface area (Å²) in [6.07, 6.45) is 4.44. The van der Waals surface area contributed by atoms with Gasteiger partial charge < -0.3 is 13.9 Å². The summed E-state index contributed by atoms with van der Waals surface area (Å²) in [7, 11) is 0. The highest BCUT2D eigenvalue weighted by atomic mass is 16.4. The van der Waals surface area contributed by atoms with E-state index in [0.717, 1.165) is 24.6 Å². The predicted octanol–water partition coefficient (Wildman–Crippen LogP) is 3.69. The molecule has 0 aliphatic heterocycles. The number of benzene rings is 1. The maximum Gasteiger partial charge on any atom is 0.347 e. The van der Waals surface area contributed by atoms with Gasteiger partial charge in [0.25, 0.3) is 0 Å². The molecule has 21 heavy (non-hydrogen) atoms. The quantitative estimate of drug-likeness (QED) is 0.692. The van der Waals surface area contributed by atoms with Crippen LogP contribution in [0.4, 0.5) is 0 Å². The van der Waals surface area contributed by atoms with Crippen molar-refractivity contribution in [2.24, 2.45) is 0 Å². The first kappa shape index (κ1) is 12.7. The van der Waals surface area contributed by atoms with E-state index in [1.807, 2.05) is 18.2 Å². The number of furan rings is 1. The maximum absolute atomic E-state index is 12.1. The van der Waals surface area contributed by atoms with Crippen molar-refractivity contribution in [3.05, 3.63) is 46.5 Å². The molecule has 0 spiro atoms. The minimum absolute atomic E-state index is 0.405. The molecule has 0 bridgehead atoms. The molecule has 1 aliphatic carbocycles. The fourth-order valence-electron chi connectivity index (χ4n) is 3.25. The molecule has 2 aromatic heterocycles. The second-order valence-corrected chi connectivity index (χ2v) is 5.83. The molecule has 2 heterocycles. The molecule has 0 saturated heterocycles. The zero-order valence-electron chi connectivity index (χ0n) is 11.6. The number of hydrogen-bond acceptors (Lipinski definition) is 4. The lowest BCUT2D eigenvalue weighted by Crippen LogP contribution is -2.27. The van der Waals surface area contributed by atoms with Crippen molar-refractivity contribution in [3.63, 3.8) is 0 Å². The van der Waals surface area contributed by atoms with Gasteiger partial charge in [0, 0.05) is 0 Å². The molecule has 4 heteroatoms. The third kappa shape index (κ3) is 1.90. The summed E-state index contributed by atoms with van der Waals surface area (Å²) in [4.78, 5) is 12.1. The summed E-state index contributed by atoms with van der Waals surface area (Å²) in [5.41, 5.74) is -0.356. The molecule has 1 aliphatic rings. The first-order valence-electron chi connectivity index (χ1n) is 7.36. The third-order valence-electron chi connectivity index (χ3n) is 4.43. The summed E-state index contributed by atoms with van der Waals surface area (Å²) in [5.74, 6) is 0.487. The van der Waals surface area contributed by atoms with Gasteiger partial charge in [-0.15, -0.1) is 0 Å². The topological polar surface area (TPSA) is 63.6 Å². The monoisotopic (exact) mass is 284 g/mol. The van der Waals surface area contributed by atoms with Crippen molar-refractivity contribution in [1.29, 1.82) is 0 Å². The Hall–Kier alpha value is -2.07.